The summed E-state index contributed by atoms with van der Waals surface area (Å²) in [6.45, 7) is 0. The van der Waals surface area contributed by atoms with Crippen molar-refractivity contribution in [3.63, 3.8) is 0 Å². The van der Waals surface area contributed by atoms with Gasteiger partial charge in [0.25, 0.3) is 0 Å². The molecule has 0 spiro atoms. The van der Waals surface area contributed by atoms with E-state index in [0.29, 0.717) is 5.82 Å². The Bertz CT molecular complexity index is 935. The number of hydrogen-bond acceptors (Lipinski definition) is 5. The molecule has 0 unspecified atom stereocenters. The number of sulfone groups is 1. The molecule has 0 aliphatic rings. The van der Waals surface area contributed by atoms with Gasteiger partial charge in [0.1, 0.15) is 11.6 Å². The summed E-state index contributed by atoms with van der Waals surface area (Å²) in [7, 11) is -3.20. The van der Waals surface area contributed by atoms with Crippen LogP contribution in [-0.2, 0) is 9.84 Å². The first-order valence-electron chi connectivity index (χ1n) is 6.58. The lowest BCUT2D eigenvalue weighted by atomic mass is 10.1. The van der Waals surface area contributed by atoms with Crippen LogP contribution < -0.4 is 5.32 Å². The van der Waals surface area contributed by atoms with Gasteiger partial charge in [-0.1, -0.05) is 0 Å². The summed E-state index contributed by atoms with van der Waals surface area (Å²) in [6.07, 6.45) is 2.82. The molecule has 0 aliphatic carbocycles. The van der Waals surface area contributed by atoms with Gasteiger partial charge in [0, 0.05) is 23.5 Å². The molecule has 3 aromatic rings. The summed E-state index contributed by atoms with van der Waals surface area (Å²) in [4.78, 5) is 4.56. The fourth-order valence-corrected chi connectivity index (χ4v) is 2.82. The minimum atomic E-state index is -3.20. The zero-order chi connectivity index (χ0) is 15.7. The van der Waals surface area contributed by atoms with Crippen LogP contribution in [0.1, 0.15) is 0 Å². The number of aromatic hydroxyl groups is 1. The van der Waals surface area contributed by atoms with Crippen LogP contribution in [0.3, 0.4) is 0 Å². The Labute approximate surface area is 128 Å². The van der Waals surface area contributed by atoms with Crippen molar-refractivity contribution < 1.29 is 13.5 Å². The molecule has 5 nitrogen and oxygen atoms in total. The quantitative estimate of drug-likeness (QED) is 0.776. The van der Waals surface area contributed by atoms with Crippen LogP contribution >= 0.6 is 0 Å². The van der Waals surface area contributed by atoms with E-state index in [9.17, 15) is 13.5 Å². The van der Waals surface area contributed by atoms with Gasteiger partial charge in [-0.15, -0.1) is 0 Å². The van der Waals surface area contributed by atoms with Crippen LogP contribution in [-0.4, -0.2) is 24.8 Å². The van der Waals surface area contributed by atoms with Crippen LogP contribution in [0.15, 0.2) is 59.6 Å². The van der Waals surface area contributed by atoms with Crippen molar-refractivity contribution in [1.82, 2.24) is 4.98 Å². The summed E-state index contributed by atoms with van der Waals surface area (Å²) >= 11 is 0. The first-order chi connectivity index (χ1) is 10.4. The Hall–Kier alpha value is -2.60. The van der Waals surface area contributed by atoms with E-state index < -0.39 is 9.84 Å². The molecule has 2 N–H and O–H groups in total. The van der Waals surface area contributed by atoms with E-state index in [2.05, 4.69) is 10.3 Å². The first kappa shape index (κ1) is 14.3. The monoisotopic (exact) mass is 314 g/mol. The van der Waals surface area contributed by atoms with Gasteiger partial charge in [-0.05, 0) is 53.9 Å². The second-order valence-corrected chi connectivity index (χ2v) is 7.00. The Kier molecular flexibility index (Phi) is 3.46. The lowest BCUT2D eigenvalue weighted by Gasteiger charge is -2.09. The minimum Gasteiger partial charge on any atom is -0.508 e. The van der Waals surface area contributed by atoms with E-state index in [1.165, 1.54) is 6.26 Å². The summed E-state index contributed by atoms with van der Waals surface area (Å²) in [5, 5.41) is 14.4. The third kappa shape index (κ3) is 2.87. The van der Waals surface area contributed by atoms with Crippen molar-refractivity contribution in [2.24, 2.45) is 0 Å². The number of phenolic OH excluding ortho intramolecular Hbond substituents is 1. The molecule has 0 saturated heterocycles. The van der Waals surface area contributed by atoms with E-state index in [-0.39, 0.29) is 10.6 Å². The van der Waals surface area contributed by atoms with Crippen molar-refractivity contribution >= 4 is 32.1 Å². The van der Waals surface area contributed by atoms with Gasteiger partial charge in [-0.2, -0.15) is 0 Å². The molecule has 0 fully saturated rings. The van der Waals surface area contributed by atoms with Crippen LogP contribution in [0.5, 0.6) is 5.75 Å². The number of aromatic nitrogens is 1. The zero-order valence-electron chi connectivity index (χ0n) is 11.8. The molecule has 1 aromatic heterocycles. The molecule has 22 heavy (non-hydrogen) atoms. The van der Waals surface area contributed by atoms with Crippen molar-refractivity contribution in [3.05, 3.63) is 54.7 Å². The standard InChI is InChI=1S/C16H14N2O3S/c1-22(20,21)14-5-2-12(3-6-14)18-16-15-7-4-13(19)10-11(15)8-9-17-16/h2-10,19H,1H3,(H,17,18). The molecule has 3 rings (SSSR count). The first-order valence-corrected chi connectivity index (χ1v) is 8.47. The number of anilines is 2. The highest BCUT2D eigenvalue weighted by Crippen LogP contribution is 2.27. The number of rotatable bonds is 3. The van der Waals surface area contributed by atoms with E-state index in [1.54, 1.807) is 48.7 Å². The second-order valence-electron chi connectivity index (χ2n) is 4.99. The van der Waals surface area contributed by atoms with E-state index >= 15 is 0 Å². The summed E-state index contributed by atoms with van der Waals surface area (Å²) in [6, 6.07) is 13.3. The van der Waals surface area contributed by atoms with Gasteiger partial charge in [-0.25, -0.2) is 13.4 Å². The molecule has 0 atom stereocenters. The highest BCUT2D eigenvalue weighted by molar-refractivity contribution is 7.90. The Balaban J connectivity index is 1.96. The molecular formula is C16H14N2O3S. The number of benzene rings is 2. The largest absolute Gasteiger partial charge is 0.508 e. The minimum absolute atomic E-state index is 0.196. The topological polar surface area (TPSA) is 79.3 Å². The normalized spacial score (nSPS) is 11.5. The molecular weight excluding hydrogens is 300 g/mol. The van der Waals surface area contributed by atoms with Crippen molar-refractivity contribution in [1.29, 1.82) is 0 Å². The van der Waals surface area contributed by atoms with Crippen molar-refractivity contribution in [2.45, 2.75) is 4.90 Å². The zero-order valence-corrected chi connectivity index (χ0v) is 12.6. The molecule has 0 aliphatic heterocycles. The highest BCUT2D eigenvalue weighted by Gasteiger charge is 2.07. The Morgan fingerprint density at radius 3 is 2.45 bits per heavy atom. The number of nitrogens with zero attached hydrogens (tertiary/aromatic N) is 1. The highest BCUT2D eigenvalue weighted by atomic mass is 32.2. The average Bonchev–Trinajstić information content (AvgIpc) is 2.47. The lowest BCUT2D eigenvalue weighted by Crippen LogP contribution is -1.98. The molecule has 112 valence electrons. The van der Waals surface area contributed by atoms with Crippen LogP contribution in [0.2, 0.25) is 0 Å². The molecule has 0 radical (unpaired) electrons. The molecule has 0 saturated carbocycles. The van der Waals surface area contributed by atoms with E-state index in [0.717, 1.165) is 16.5 Å². The van der Waals surface area contributed by atoms with Crippen LogP contribution in [0, 0.1) is 0 Å². The van der Waals surface area contributed by atoms with Crippen molar-refractivity contribution in [2.75, 3.05) is 11.6 Å². The van der Waals surface area contributed by atoms with E-state index in [4.69, 9.17) is 0 Å². The van der Waals surface area contributed by atoms with Gasteiger partial charge in [-0.3, -0.25) is 0 Å². The molecule has 6 heteroatoms. The number of hydrogen-bond donors (Lipinski definition) is 2. The Morgan fingerprint density at radius 2 is 1.77 bits per heavy atom. The van der Waals surface area contributed by atoms with Gasteiger partial charge in [0.05, 0.1) is 4.90 Å². The molecule has 2 aromatic carbocycles. The predicted octanol–water partition coefficient (Wildman–Crippen LogP) is 3.09. The SMILES string of the molecule is CS(=O)(=O)c1ccc(Nc2nccc3cc(O)ccc23)cc1. The summed E-state index contributed by atoms with van der Waals surface area (Å²) in [5.74, 6) is 0.840. The van der Waals surface area contributed by atoms with E-state index in [1.807, 2.05) is 6.07 Å². The average molecular weight is 314 g/mol. The summed E-state index contributed by atoms with van der Waals surface area (Å²) in [5.41, 5.74) is 0.737. The number of pyridine rings is 1. The molecule has 0 amide bonds. The third-order valence-corrected chi connectivity index (χ3v) is 4.42. The maximum absolute atomic E-state index is 11.5. The van der Waals surface area contributed by atoms with Gasteiger partial charge >= 0.3 is 0 Å². The number of fused-ring (bicyclic) bond motifs is 1. The third-order valence-electron chi connectivity index (χ3n) is 3.29. The fraction of sp³-hybridized carbons (Fsp3) is 0.0625. The van der Waals surface area contributed by atoms with Crippen LogP contribution in [0.25, 0.3) is 10.8 Å². The maximum atomic E-state index is 11.5. The second kappa shape index (κ2) is 5.31. The van der Waals surface area contributed by atoms with Gasteiger partial charge < -0.3 is 10.4 Å². The Morgan fingerprint density at radius 1 is 1.05 bits per heavy atom. The maximum Gasteiger partial charge on any atom is 0.175 e. The molecule has 1 heterocycles. The predicted molar refractivity (Wildman–Crippen MR) is 86.2 cm³/mol. The van der Waals surface area contributed by atoms with Crippen LogP contribution in [0.4, 0.5) is 11.5 Å². The molecule has 0 bridgehead atoms. The smallest absolute Gasteiger partial charge is 0.175 e. The number of phenols is 1. The van der Waals surface area contributed by atoms with Gasteiger partial charge in [0.2, 0.25) is 0 Å². The lowest BCUT2D eigenvalue weighted by molar-refractivity contribution is 0.476. The van der Waals surface area contributed by atoms with Gasteiger partial charge in [0.15, 0.2) is 9.84 Å². The fourth-order valence-electron chi connectivity index (χ4n) is 2.19. The van der Waals surface area contributed by atoms with Crippen molar-refractivity contribution in [3.8, 4) is 5.75 Å². The number of nitrogens with one attached hydrogen (secondary N) is 1. The summed E-state index contributed by atoms with van der Waals surface area (Å²) < 4.78 is 22.9.